The van der Waals surface area contributed by atoms with E-state index in [9.17, 15) is 0 Å². The first-order valence-corrected chi connectivity index (χ1v) is 11.9. The highest BCUT2D eigenvalue weighted by Crippen LogP contribution is 2.39. The van der Waals surface area contributed by atoms with Crippen LogP contribution in [0.5, 0.6) is 0 Å². The van der Waals surface area contributed by atoms with E-state index in [4.69, 9.17) is 16.6 Å². The molecule has 5 heterocycles. The summed E-state index contributed by atoms with van der Waals surface area (Å²) >= 11 is 6.43. The lowest BCUT2D eigenvalue weighted by Crippen LogP contribution is -2.52. The lowest BCUT2D eigenvalue weighted by Gasteiger charge is -2.41. The van der Waals surface area contributed by atoms with Gasteiger partial charge in [-0.25, -0.2) is 4.98 Å². The largest absolute Gasteiger partial charge is 0.361 e. The summed E-state index contributed by atoms with van der Waals surface area (Å²) in [7, 11) is 2.25. The first-order chi connectivity index (χ1) is 15.2. The fourth-order valence-electron chi connectivity index (χ4n) is 5.94. The van der Waals surface area contributed by atoms with Crippen LogP contribution in [0.25, 0.3) is 11.0 Å². The Labute approximate surface area is 188 Å². The van der Waals surface area contributed by atoms with Gasteiger partial charge in [0, 0.05) is 31.4 Å². The number of aromatic nitrogens is 3. The number of pyridine rings is 1. The first kappa shape index (κ1) is 19.5. The van der Waals surface area contributed by atoms with E-state index in [1.54, 1.807) is 0 Å². The van der Waals surface area contributed by atoms with Gasteiger partial charge in [-0.3, -0.25) is 10.3 Å². The summed E-state index contributed by atoms with van der Waals surface area (Å²) in [6, 6.07) is 11.9. The van der Waals surface area contributed by atoms with Crippen LogP contribution in [0.4, 0.5) is 5.69 Å². The van der Waals surface area contributed by atoms with Crippen LogP contribution in [0, 0.1) is 0 Å². The highest BCUT2D eigenvalue weighted by atomic mass is 35.5. The number of rotatable bonds is 3. The molecule has 6 rings (SSSR count). The topological polar surface area (TPSA) is 60.1 Å². The van der Waals surface area contributed by atoms with Crippen molar-refractivity contribution in [2.24, 2.45) is 0 Å². The summed E-state index contributed by atoms with van der Waals surface area (Å²) in [5.41, 5.74) is 4.50. The number of aromatic amines is 1. The number of anilines is 1. The predicted molar refractivity (Wildman–Crippen MR) is 125 cm³/mol. The second-order valence-electron chi connectivity index (χ2n) is 9.38. The molecule has 0 amide bonds. The molecule has 2 aromatic heterocycles. The molecule has 3 aliphatic heterocycles. The second kappa shape index (κ2) is 7.76. The van der Waals surface area contributed by atoms with Gasteiger partial charge in [0.2, 0.25) is 0 Å². The molecule has 0 saturated carbocycles. The zero-order valence-corrected chi connectivity index (χ0v) is 18.6. The Morgan fingerprint density at radius 3 is 2.61 bits per heavy atom. The maximum atomic E-state index is 6.43. The summed E-state index contributed by atoms with van der Waals surface area (Å²) in [4.78, 5) is 18.4. The zero-order chi connectivity index (χ0) is 20.9. The van der Waals surface area contributed by atoms with Crippen molar-refractivity contribution in [2.45, 2.75) is 56.3 Å². The number of H-pyrrole nitrogens is 1. The lowest BCUT2D eigenvalue weighted by molar-refractivity contribution is 0.265. The normalized spacial score (nSPS) is 29.0. The summed E-state index contributed by atoms with van der Waals surface area (Å²) in [5, 5.41) is 4.50. The number of nitrogens with zero attached hydrogens (tertiary/aromatic N) is 4. The SMILES string of the molecule is CN1CC2CCC(C1)N2c1cccc2nc([C@H]3CCC[C@@H](c4ncccc4Cl)N3)[nH]c12. The molecule has 2 unspecified atom stereocenters. The van der Waals surface area contributed by atoms with Gasteiger partial charge in [0.15, 0.2) is 0 Å². The molecule has 1 aromatic carbocycles. The molecule has 4 atom stereocenters. The molecule has 3 saturated heterocycles. The third-order valence-corrected chi connectivity index (χ3v) is 7.61. The Hall–Kier alpha value is -2.15. The Kier molecular flexibility index (Phi) is 4.89. The van der Waals surface area contributed by atoms with E-state index in [1.165, 1.54) is 24.0 Å². The van der Waals surface area contributed by atoms with Crippen LogP contribution in [0.1, 0.15) is 55.7 Å². The quantitative estimate of drug-likeness (QED) is 0.635. The standard InChI is InChI=1S/C24H29ClN6/c1-30-13-15-10-11-16(14-30)31(15)21-9-3-7-19-23(21)29-24(28-19)20-8-2-6-18(27-20)22-17(25)5-4-12-26-22/h3-5,7,9,12,15-16,18,20,27H,2,6,8,10-11,13-14H2,1H3,(H,28,29)/t15?,16?,18-,20+/m0/s1. The molecule has 0 aliphatic carbocycles. The van der Waals surface area contributed by atoms with Gasteiger partial charge in [-0.05, 0) is 63.4 Å². The van der Waals surface area contributed by atoms with Gasteiger partial charge >= 0.3 is 0 Å². The van der Waals surface area contributed by atoms with Crippen molar-refractivity contribution in [2.75, 3.05) is 25.0 Å². The molecule has 3 aliphatic rings. The fraction of sp³-hybridized carbons (Fsp3) is 0.500. The molecule has 31 heavy (non-hydrogen) atoms. The molecule has 2 bridgehead atoms. The maximum Gasteiger partial charge on any atom is 0.124 e. The molecular formula is C24H29ClN6. The molecule has 7 heteroatoms. The Morgan fingerprint density at radius 1 is 1.00 bits per heavy atom. The van der Waals surface area contributed by atoms with Gasteiger partial charge in [0.1, 0.15) is 5.82 Å². The van der Waals surface area contributed by atoms with Crippen molar-refractivity contribution in [3.05, 3.63) is 53.1 Å². The zero-order valence-electron chi connectivity index (χ0n) is 17.9. The van der Waals surface area contributed by atoms with Crippen molar-refractivity contribution in [1.82, 2.24) is 25.2 Å². The van der Waals surface area contributed by atoms with E-state index in [-0.39, 0.29) is 12.1 Å². The van der Waals surface area contributed by atoms with Crippen molar-refractivity contribution >= 4 is 28.3 Å². The molecule has 3 aromatic rings. The van der Waals surface area contributed by atoms with E-state index < -0.39 is 0 Å². The van der Waals surface area contributed by atoms with Gasteiger partial charge in [-0.15, -0.1) is 0 Å². The van der Waals surface area contributed by atoms with Gasteiger partial charge in [0.05, 0.1) is 39.5 Å². The molecular weight excluding hydrogens is 408 g/mol. The van der Waals surface area contributed by atoms with E-state index in [0.717, 1.165) is 54.4 Å². The Bertz CT molecular complexity index is 1080. The average Bonchev–Trinajstić information content (AvgIpc) is 3.33. The van der Waals surface area contributed by atoms with Crippen LogP contribution < -0.4 is 10.2 Å². The highest BCUT2D eigenvalue weighted by molar-refractivity contribution is 6.31. The minimum absolute atomic E-state index is 0.161. The minimum Gasteiger partial charge on any atom is -0.361 e. The first-order valence-electron chi connectivity index (χ1n) is 11.5. The summed E-state index contributed by atoms with van der Waals surface area (Å²) in [6.45, 7) is 2.29. The lowest BCUT2D eigenvalue weighted by atomic mass is 9.95. The van der Waals surface area contributed by atoms with Gasteiger partial charge < -0.3 is 14.8 Å². The number of para-hydroxylation sites is 1. The van der Waals surface area contributed by atoms with E-state index in [1.807, 2.05) is 18.3 Å². The number of piperazine rings is 1. The van der Waals surface area contributed by atoms with E-state index in [2.05, 4.69) is 50.3 Å². The summed E-state index contributed by atoms with van der Waals surface area (Å²) in [6.07, 6.45) is 7.62. The summed E-state index contributed by atoms with van der Waals surface area (Å²) < 4.78 is 0. The number of halogens is 1. The van der Waals surface area contributed by atoms with Crippen LogP contribution in [0.15, 0.2) is 36.5 Å². The number of likely N-dealkylation sites (tertiary alicyclic amines) is 1. The number of piperidine rings is 1. The van der Waals surface area contributed by atoms with Gasteiger partial charge in [-0.2, -0.15) is 0 Å². The smallest absolute Gasteiger partial charge is 0.124 e. The van der Waals surface area contributed by atoms with Crippen molar-refractivity contribution < 1.29 is 0 Å². The fourth-order valence-corrected chi connectivity index (χ4v) is 6.20. The Morgan fingerprint density at radius 2 is 1.81 bits per heavy atom. The average molecular weight is 437 g/mol. The van der Waals surface area contributed by atoms with Crippen LogP contribution in [0.2, 0.25) is 5.02 Å². The number of imidazole rings is 1. The van der Waals surface area contributed by atoms with E-state index >= 15 is 0 Å². The molecule has 2 N–H and O–H groups in total. The monoisotopic (exact) mass is 436 g/mol. The van der Waals surface area contributed by atoms with Crippen LogP contribution in [0.3, 0.4) is 0 Å². The van der Waals surface area contributed by atoms with Crippen LogP contribution in [-0.4, -0.2) is 52.1 Å². The number of hydrogen-bond acceptors (Lipinski definition) is 5. The predicted octanol–water partition coefficient (Wildman–Crippen LogP) is 4.45. The van der Waals surface area contributed by atoms with Crippen molar-refractivity contribution in [1.29, 1.82) is 0 Å². The maximum absolute atomic E-state index is 6.43. The van der Waals surface area contributed by atoms with Gasteiger partial charge in [0.25, 0.3) is 0 Å². The number of fused-ring (bicyclic) bond motifs is 3. The Balaban J connectivity index is 1.31. The molecule has 162 valence electrons. The van der Waals surface area contributed by atoms with Crippen molar-refractivity contribution in [3.8, 4) is 0 Å². The van der Waals surface area contributed by atoms with Crippen molar-refractivity contribution in [3.63, 3.8) is 0 Å². The summed E-state index contributed by atoms with van der Waals surface area (Å²) in [5.74, 6) is 1.03. The van der Waals surface area contributed by atoms with Crippen LogP contribution in [-0.2, 0) is 0 Å². The highest BCUT2D eigenvalue weighted by Gasteiger charge is 2.39. The number of likely N-dealkylation sites (N-methyl/N-ethyl adjacent to an activating group) is 1. The third kappa shape index (κ3) is 3.41. The number of hydrogen-bond donors (Lipinski definition) is 2. The molecule has 3 fully saturated rings. The molecule has 6 nitrogen and oxygen atoms in total. The number of nitrogens with one attached hydrogen (secondary N) is 2. The third-order valence-electron chi connectivity index (χ3n) is 7.29. The molecule has 0 spiro atoms. The van der Waals surface area contributed by atoms with Crippen LogP contribution >= 0.6 is 11.6 Å². The molecule has 0 radical (unpaired) electrons. The second-order valence-corrected chi connectivity index (χ2v) is 9.79. The van der Waals surface area contributed by atoms with E-state index in [0.29, 0.717) is 12.1 Å². The number of benzene rings is 1. The minimum atomic E-state index is 0.161. The van der Waals surface area contributed by atoms with Gasteiger partial charge in [-0.1, -0.05) is 17.7 Å².